The summed E-state index contributed by atoms with van der Waals surface area (Å²) in [4.78, 5) is 24.4. The molecular weight excluding hydrogens is 339 g/mol. The van der Waals surface area contributed by atoms with E-state index in [1.165, 1.54) is 36.6 Å². The molecule has 3 rings (SSSR count). The third kappa shape index (κ3) is 3.52. The molecule has 0 saturated heterocycles. The van der Waals surface area contributed by atoms with E-state index in [1.807, 2.05) is 0 Å². The molecule has 0 aliphatic rings. The summed E-state index contributed by atoms with van der Waals surface area (Å²) in [5, 5.41) is 3.19. The second kappa shape index (κ2) is 6.39. The minimum absolute atomic E-state index is 0.113. The summed E-state index contributed by atoms with van der Waals surface area (Å²) in [6, 6.07) is 7.64. The molecule has 2 aromatic heterocycles. The van der Waals surface area contributed by atoms with Gasteiger partial charge in [-0.1, -0.05) is 11.3 Å². The average molecular weight is 349 g/mol. The van der Waals surface area contributed by atoms with Gasteiger partial charge in [-0.25, -0.2) is 19.3 Å². The Bertz CT molecular complexity index is 866. The third-order valence-electron chi connectivity index (χ3n) is 2.89. The van der Waals surface area contributed by atoms with Crippen LogP contribution in [0.15, 0.2) is 36.5 Å². The van der Waals surface area contributed by atoms with Crippen LogP contribution in [0.3, 0.4) is 0 Å². The highest BCUT2D eigenvalue weighted by atomic mass is 35.5. The molecule has 23 heavy (non-hydrogen) atoms. The van der Waals surface area contributed by atoms with Crippen molar-refractivity contribution in [2.24, 2.45) is 0 Å². The molecule has 0 spiro atoms. The van der Waals surface area contributed by atoms with Crippen LogP contribution in [0, 0.1) is 5.82 Å². The quantitative estimate of drug-likeness (QED) is 0.726. The molecule has 2 heterocycles. The summed E-state index contributed by atoms with van der Waals surface area (Å²) in [6.45, 7) is 1.40. The zero-order chi connectivity index (χ0) is 16.4. The van der Waals surface area contributed by atoms with E-state index in [9.17, 15) is 9.18 Å². The lowest BCUT2D eigenvalue weighted by molar-refractivity contribution is -0.114. The van der Waals surface area contributed by atoms with Crippen LogP contribution >= 0.6 is 22.9 Å². The van der Waals surface area contributed by atoms with E-state index in [0.717, 1.165) is 0 Å². The van der Waals surface area contributed by atoms with E-state index in [-0.39, 0.29) is 17.0 Å². The molecule has 1 aromatic carbocycles. The standard InChI is InChI=1S/C15H10ClFN4OS/c1-8(22)19-15-21-12(9-2-4-10(17)5-3-9)13(23-15)11-6-7-18-14(16)20-11/h2-7H,1H3,(H,19,21,22). The maximum absolute atomic E-state index is 13.1. The summed E-state index contributed by atoms with van der Waals surface area (Å²) in [7, 11) is 0. The number of nitrogens with one attached hydrogen (secondary N) is 1. The van der Waals surface area contributed by atoms with Crippen LogP contribution in [0.4, 0.5) is 9.52 Å². The molecule has 3 aromatic rings. The Balaban J connectivity index is 2.14. The molecule has 116 valence electrons. The molecule has 0 radical (unpaired) electrons. The van der Waals surface area contributed by atoms with Gasteiger partial charge in [0.2, 0.25) is 11.2 Å². The van der Waals surface area contributed by atoms with E-state index in [1.54, 1.807) is 18.2 Å². The fourth-order valence-corrected chi connectivity index (χ4v) is 3.11. The number of amides is 1. The number of halogens is 2. The maximum atomic E-state index is 13.1. The SMILES string of the molecule is CC(=O)Nc1nc(-c2ccc(F)cc2)c(-c2ccnc(Cl)n2)s1. The van der Waals surface area contributed by atoms with Crippen LogP contribution in [-0.4, -0.2) is 20.9 Å². The first-order valence-corrected chi connectivity index (χ1v) is 7.75. The van der Waals surface area contributed by atoms with Gasteiger partial charge in [0.05, 0.1) is 16.3 Å². The van der Waals surface area contributed by atoms with Crippen molar-refractivity contribution in [3.63, 3.8) is 0 Å². The Hall–Kier alpha value is -2.38. The molecule has 0 fully saturated rings. The third-order valence-corrected chi connectivity index (χ3v) is 4.06. The van der Waals surface area contributed by atoms with Gasteiger partial charge >= 0.3 is 0 Å². The summed E-state index contributed by atoms with van der Waals surface area (Å²) in [5.41, 5.74) is 1.89. The summed E-state index contributed by atoms with van der Waals surface area (Å²) in [6.07, 6.45) is 1.54. The molecule has 0 atom stereocenters. The van der Waals surface area contributed by atoms with Gasteiger partial charge in [0.15, 0.2) is 5.13 Å². The lowest BCUT2D eigenvalue weighted by atomic mass is 10.1. The van der Waals surface area contributed by atoms with Gasteiger partial charge in [0.1, 0.15) is 5.82 Å². The second-order valence-corrected chi connectivity index (χ2v) is 5.93. The van der Waals surface area contributed by atoms with Crippen molar-refractivity contribution >= 4 is 34.0 Å². The fraction of sp³-hybridized carbons (Fsp3) is 0.0667. The monoisotopic (exact) mass is 348 g/mol. The Morgan fingerprint density at radius 1 is 1.22 bits per heavy atom. The lowest BCUT2D eigenvalue weighted by Gasteiger charge is -2.02. The Kier molecular flexibility index (Phi) is 4.31. The maximum Gasteiger partial charge on any atom is 0.223 e. The number of hydrogen-bond acceptors (Lipinski definition) is 5. The smallest absolute Gasteiger partial charge is 0.223 e. The predicted molar refractivity (Wildman–Crippen MR) is 87.8 cm³/mol. The lowest BCUT2D eigenvalue weighted by Crippen LogP contribution is -2.04. The zero-order valence-electron chi connectivity index (χ0n) is 11.9. The van der Waals surface area contributed by atoms with E-state index in [0.29, 0.717) is 27.0 Å². The van der Waals surface area contributed by atoms with Crippen molar-refractivity contribution in [2.45, 2.75) is 6.92 Å². The minimum Gasteiger partial charge on any atom is -0.302 e. The number of aromatic nitrogens is 3. The van der Waals surface area contributed by atoms with Crippen molar-refractivity contribution in [3.8, 4) is 21.8 Å². The molecule has 0 saturated carbocycles. The van der Waals surface area contributed by atoms with Crippen LogP contribution in [0.25, 0.3) is 21.8 Å². The van der Waals surface area contributed by atoms with Crippen LogP contribution < -0.4 is 5.32 Å². The number of anilines is 1. The molecular formula is C15H10ClFN4OS. The normalized spacial score (nSPS) is 10.6. The Labute approximate surface area is 140 Å². The molecule has 5 nitrogen and oxygen atoms in total. The molecule has 0 bridgehead atoms. The number of thiazole rings is 1. The van der Waals surface area contributed by atoms with Crippen LogP contribution in [0.5, 0.6) is 0 Å². The number of benzene rings is 1. The van der Waals surface area contributed by atoms with E-state index >= 15 is 0 Å². The topological polar surface area (TPSA) is 67.8 Å². The molecule has 1 amide bonds. The number of hydrogen-bond donors (Lipinski definition) is 1. The first-order chi connectivity index (χ1) is 11.0. The van der Waals surface area contributed by atoms with Crippen molar-refractivity contribution < 1.29 is 9.18 Å². The molecule has 0 aliphatic heterocycles. The van der Waals surface area contributed by atoms with Gasteiger partial charge in [-0.3, -0.25) is 4.79 Å². The number of carbonyl (C=O) groups excluding carboxylic acids is 1. The van der Waals surface area contributed by atoms with E-state index in [2.05, 4.69) is 20.3 Å². The number of carbonyl (C=O) groups is 1. The van der Waals surface area contributed by atoms with E-state index < -0.39 is 0 Å². The number of rotatable bonds is 3. The fourth-order valence-electron chi connectivity index (χ4n) is 1.96. The Morgan fingerprint density at radius 3 is 2.61 bits per heavy atom. The van der Waals surface area contributed by atoms with Gasteiger partial charge in [-0.05, 0) is 41.9 Å². The van der Waals surface area contributed by atoms with Gasteiger partial charge in [-0.15, -0.1) is 0 Å². The molecule has 0 aliphatic carbocycles. The van der Waals surface area contributed by atoms with Gasteiger partial charge in [-0.2, -0.15) is 0 Å². The predicted octanol–water partition coefficient (Wildman–Crippen LogP) is 4.02. The highest BCUT2D eigenvalue weighted by Gasteiger charge is 2.17. The molecule has 8 heteroatoms. The van der Waals surface area contributed by atoms with Crippen LogP contribution in [0.2, 0.25) is 5.28 Å². The number of nitrogens with zero attached hydrogens (tertiary/aromatic N) is 3. The average Bonchev–Trinajstić information content (AvgIpc) is 2.91. The molecule has 1 N–H and O–H groups in total. The summed E-state index contributed by atoms with van der Waals surface area (Å²) < 4.78 is 13.1. The minimum atomic E-state index is -0.335. The van der Waals surface area contributed by atoms with Crippen LogP contribution in [-0.2, 0) is 4.79 Å². The summed E-state index contributed by atoms with van der Waals surface area (Å²) in [5.74, 6) is -0.561. The van der Waals surface area contributed by atoms with Crippen molar-refractivity contribution in [1.29, 1.82) is 0 Å². The van der Waals surface area contributed by atoms with Crippen molar-refractivity contribution in [2.75, 3.05) is 5.32 Å². The Morgan fingerprint density at radius 2 is 1.96 bits per heavy atom. The van der Waals surface area contributed by atoms with Gasteiger partial charge in [0, 0.05) is 18.7 Å². The first-order valence-electron chi connectivity index (χ1n) is 6.56. The zero-order valence-corrected chi connectivity index (χ0v) is 13.5. The van der Waals surface area contributed by atoms with E-state index in [4.69, 9.17) is 11.6 Å². The first kappa shape index (κ1) is 15.5. The highest BCUT2D eigenvalue weighted by Crippen LogP contribution is 2.38. The van der Waals surface area contributed by atoms with Gasteiger partial charge < -0.3 is 5.32 Å². The largest absolute Gasteiger partial charge is 0.302 e. The van der Waals surface area contributed by atoms with Crippen molar-refractivity contribution in [3.05, 3.63) is 47.6 Å². The van der Waals surface area contributed by atoms with Crippen molar-refractivity contribution in [1.82, 2.24) is 15.0 Å². The highest BCUT2D eigenvalue weighted by molar-refractivity contribution is 7.19. The second-order valence-electron chi connectivity index (χ2n) is 4.60. The van der Waals surface area contributed by atoms with Crippen LogP contribution in [0.1, 0.15) is 6.92 Å². The van der Waals surface area contributed by atoms with Gasteiger partial charge in [0.25, 0.3) is 0 Å². The summed E-state index contributed by atoms with van der Waals surface area (Å²) >= 11 is 7.11. The molecule has 0 unspecified atom stereocenters.